The van der Waals surface area contributed by atoms with E-state index in [1.807, 2.05) is 24.3 Å². The van der Waals surface area contributed by atoms with Gasteiger partial charge in [-0.15, -0.1) is 22.7 Å². The second-order valence-electron chi connectivity index (χ2n) is 8.28. The van der Waals surface area contributed by atoms with Crippen LogP contribution in [0.15, 0.2) is 71.1 Å². The van der Waals surface area contributed by atoms with Crippen LogP contribution in [0.4, 0.5) is 0 Å². The molecule has 0 saturated heterocycles. The Labute approximate surface area is 231 Å². The summed E-state index contributed by atoms with van der Waals surface area (Å²) in [5.74, 6) is -1.11. The Balaban J connectivity index is 1.34. The number of primary amides is 1. The third kappa shape index (κ3) is 6.65. The Hall–Kier alpha value is -3.99. The maximum atomic E-state index is 12.6. The second kappa shape index (κ2) is 12.0. The van der Waals surface area contributed by atoms with Crippen LogP contribution in [0.25, 0.3) is 10.4 Å². The van der Waals surface area contributed by atoms with E-state index >= 15 is 0 Å². The number of aromatic hydroxyl groups is 1. The highest BCUT2D eigenvalue weighted by atomic mass is 35.5. The molecular formula is C27H23ClN4O4S2. The fourth-order valence-electron chi connectivity index (χ4n) is 3.49. The number of nitrogens with one attached hydrogen (secondary N) is 2. The molecule has 0 spiro atoms. The first-order valence-electron chi connectivity index (χ1n) is 11.4. The van der Waals surface area contributed by atoms with Crippen LogP contribution in [-0.2, 0) is 17.8 Å². The Morgan fingerprint density at radius 2 is 1.58 bits per heavy atom. The van der Waals surface area contributed by atoms with Gasteiger partial charge in [0.1, 0.15) is 5.75 Å². The van der Waals surface area contributed by atoms with Gasteiger partial charge >= 0.3 is 0 Å². The molecule has 0 aliphatic carbocycles. The number of halogens is 1. The van der Waals surface area contributed by atoms with Crippen LogP contribution in [0.2, 0.25) is 5.02 Å². The molecule has 2 heterocycles. The van der Waals surface area contributed by atoms with Crippen molar-refractivity contribution >= 4 is 57.7 Å². The van der Waals surface area contributed by atoms with Gasteiger partial charge in [0.05, 0.1) is 32.3 Å². The van der Waals surface area contributed by atoms with Crippen molar-refractivity contribution in [3.8, 4) is 16.2 Å². The minimum Gasteiger partial charge on any atom is -0.506 e. The van der Waals surface area contributed by atoms with Crippen molar-refractivity contribution in [2.75, 3.05) is 0 Å². The molecule has 0 unspecified atom stereocenters. The zero-order valence-electron chi connectivity index (χ0n) is 20.2. The van der Waals surface area contributed by atoms with Crippen molar-refractivity contribution in [3.63, 3.8) is 0 Å². The highest BCUT2D eigenvalue weighted by Gasteiger charge is 2.17. The maximum absolute atomic E-state index is 12.6. The van der Waals surface area contributed by atoms with E-state index in [-0.39, 0.29) is 18.1 Å². The van der Waals surface area contributed by atoms with Crippen molar-refractivity contribution in [3.05, 3.63) is 97.5 Å². The molecular weight excluding hydrogens is 544 g/mol. The van der Waals surface area contributed by atoms with E-state index < -0.39 is 11.8 Å². The number of benzene rings is 2. The van der Waals surface area contributed by atoms with Crippen molar-refractivity contribution in [2.24, 2.45) is 10.8 Å². The number of rotatable bonds is 9. The first kappa shape index (κ1) is 27.1. The van der Waals surface area contributed by atoms with Crippen LogP contribution in [-0.4, -0.2) is 28.5 Å². The largest absolute Gasteiger partial charge is 0.506 e. The number of nitrogens with zero attached hydrogens (tertiary/aromatic N) is 1. The third-order valence-electron chi connectivity index (χ3n) is 5.49. The summed E-state index contributed by atoms with van der Waals surface area (Å²) in [6, 6.07) is 17.5. The number of nitrogens with two attached hydrogens (primary N) is 1. The number of amides is 3. The van der Waals surface area contributed by atoms with E-state index in [0.717, 1.165) is 28.0 Å². The Morgan fingerprint density at radius 3 is 2.24 bits per heavy atom. The van der Waals surface area contributed by atoms with E-state index in [0.29, 0.717) is 37.5 Å². The standard InChI is InChI=1S/C27H23ClN4O4S2/c1-15(20-14-37-25(24(20)34)18-6-8-19(28)9-7-18)31-32-27(36)22-11-10-21(38-22)26(35)30-13-17-4-2-16(3-5-17)12-23(29)33/h2-11,14,34H,12-13H2,1H3,(H2,29,33)(H,30,35)(H,32,36)/b31-15+. The Morgan fingerprint density at radius 1 is 0.947 bits per heavy atom. The van der Waals surface area contributed by atoms with Crippen LogP contribution in [0.1, 0.15) is 43.0 Å². The summed E-state index contributed by atoms with van der Waals surface area (Å²) < 4.78 is 0. The number of hydrazone groups is 1. The monoisotopic (exact) mass is 566 g/mol. The zero-order chi connectivity index (χ0) is 27.2. The molecule has 0 saturated carbocycles. The Kier molecular flexibility index (Phi) is 8.57. The van der Waals surface area contributed by atoms with Crippen molar-refractivity contribution in [2.45, 2.75) is 19.9 Å². The number of carbonyl (C=O) groups is 3. The minimum atomic E-state index is -0.467. The molecule has 0 atom stereocenters. The zero-order valence-corrected chi connectivity index (χ0v) is 22.5. The maximum Gasteiger partial charge on any atom is 0.281 e. The summed E-state index contributed by atoms with van der Waals surface area (Å²) in [6.45, 7) is 1.97. The van der Waals surface area contributed by atoms with Gasteiger partial charge in [-0.3, -0.25) is 14.4 Å². The number of hydrogen-bond donors (Lipinski definition) is 4. The number of thiophene rings is 2. The molecule has 38 heavy (non-hydrogen) atoms. The SMILES string of the molecule is C/C(=N\NC(=O)c1ccc(C(=O)NCc2ccc(CC(N)=O)cc2)s1)c1csc(-c2ccc(Cl)cc2)c1O. The van der Waals surface area contributed by atoms with E-state index in [1.165, 1.54) is 11.3 Å². The normalized spacial score (nSPS) is 11.3. The lowest BCUT2D eigenvalue weighted by atomic mass is 10.1. The van der Waals surface area contributed by atoms with Gasteiger partial charge in [-0.2, -0.15) is 5.10 Å². The molecule has 2 aromatic heterocycles. The van der Waals surface area contributed by atoms with Gasteiger partial charge in [0, 0.05) is 16.9 Å². The van der Waals surface area contributed by atoms with Gasteiger partial charge in [0.15, 0.2) is 0 Å². The molecule has 3 amide bonds. The first-order chi connectivity index (χ1) is 18.2. The highest BCUT2D eigenvalue weighted by Crippen LogP contribution is 2.39. The number of carbonyl (C=O) groups excluding carboxylic acids is 3. The quantitative estimate of drug-likeness (QED) is 0.168. The van der Waals surface area contributed by atoms with Crippen molar-refractivity contribution in [1.29, 1.82) is 0 Å². The predicted molar refractivity (Wildman–Crippen MR) is 151 cm³/mol. The van der Waals surface area contributed by atoms with E-state index in [2.05, 4.69) is 15.8 Å². The molecule has 0 aliphatic rings. The third-order valence-corrected chi connectivity index (χ3v) is 7.85. The molecule has 4 rings (SSSR count). The van der Waals surface area contributed by atoms with E-state index in [4.69, 9.17) is 17.3 Å². The second-order valence-corrected chi connectivity index (χ2v) is 10.7. The fourth-order valence-corrected chi connectivity index (χ4v) is 5.44. The molecule has 2 aromatic carbocycles. The van der Waals surface area contributed by atoms with Gasteiger partial charge in [0.25, 0.3) is 11.8 Å². The molecule has 0 fully saturated rings. The number of hydrogen-bond acceptors (Lipinski definition) is 7. The fraction of sp³-hybridized carbons (Fsp3) is 0.111. The van der Waals surface area contributed by atoms with E-state index in [9.17, 15) is 19.5 Å². The van der Waals surface area contributed by atoms with Crippen LogP contribution in [0.3, 0.4) is 0 Å². The lowest BCUT2D eigenvalue weighted by molar-refractivity contribution is -0.117. The van der Waals surface area contributed by atoms with Crippen LogP contribution in [0.5, 0.6) is 5.75 Å². The minimum absolute atomic E-state index is 0.0745. The lowest BCUT2D eigenvalue weighted by Crippen LogP contribution is -2.22. The van der Waals surface area contributed by atoms with Crippen LogP contribution in [0, 0.1) is 0 Å². The predicted octanol–water partition coefficient (Wildman–Crippen LogP) is 4.95. The molecule has 0 aliphatic heterocycles. The van der Waals surface area contributed by atoms with Crippen molar-refractivity contribution in [1.82, 2.24) is 10.7 Å². The van der Waals surface area contributed by atoms with Gasteiger partial charge in [-0.25, -0.2) is 5.43 Å². The highest BCUT2D eigenvalue weighted by molar-refractivity contribution is 7.16. The molecule has 0 radical (unpaired) electrons. The molecule has 5 N–H and O–H groups in total. The van der Waals surface area contributed by atoms with Gasteiger partial charge in [-0.05, 0) is 47.9 Å². The summed E-state index contributed by atoms with van der Waals surface area (Å²) in [6.07, 6.45) is 0.162. The van der Waals surface area contributed by atoms with Gasteiger partial charge < -0.3 is 16.2 Å². The average molecular weight is 567 g/mol. The summed E-state index contributed by atoms with van der Waals surface area (Å²) in [7, 11) is 0. The molecule has 11 heteroatoms. The summed E-state index contributed by atoms with van der Waals surface area (Å²) in [5, 5.41) is 20.0. The first-order valence-corrected chi connectivity index (χ1v) is 13.4. The molecule has 194 valence electrons. The van der Waals surface area contributed by atoms with Crippen LogP contribution >= 0.6 is 34.3 Å². The van der Waals surface area contributed by atoms with Gasteiger partial charge in [0.2, 0.25) is 5.91 Å². The van der Waals surface area contributed by atoms with Crippen LogP contribution < -0.4 is 16.5 Å². The van der Waals surface area contributed by atoms with Gasteiger partial charge in [-0.1, -0.05) is 48.0 Å². The smallest absolute Gasteiger partial charge is 0.281 e. The average Bonchev–Trinajstić information content (AvgIpc) is 3.54. The summed E-state index contributed by atoms with van der Waals surface area (Å²) >= 11 is 8.34. The van der Waals surface area contributed by atoms with Crippen molar-refractivity contribution < 1.29 is 19.5 Å². The molecule has 8 nitrogen and oxygen atoms in total. The lowest BCUT2D eigenvalue weighted by Gasteiger charge is -2.05. The van der Waals surface area contributed by atoms with E-state index in [1.54, 1.807) is 48.7 Å². The Bertz CT molecular complexity index is 1510. The topological polar surface area (TPSA) is 134 Å². The molecule has 4 aromatic rings. The summed E-state index contributed by atoms with van der Waals surface area (Å²) in [4.78, 5) is 37.5. The molecule has 0 bridgehead atoms. The summed E-state index contributed by atoms with van der Waals surface area (Å²) in [5.41, 5.74) is 11.1.